The number of halogens is 4. The van der Waals surface area contributed by atoms with Gasteiger partial charge in [-0.15, -0.1) is 0 Å². The lowest BCUT2D eigenvalue weighted by atomic mass is 9.95. The largest absolute Gasteiger partial charge is 0.507 e. The quantitative estimate of drug-likeness (QED) is 0.225. The molecule has 3 aromatic rings. The molecule has 3 aromatic carbocycles. The third-order valence-electron chi connectivity index (χ3n) is 5.70. The number of nitrogens with zero attached hydrogens (tertiary/aromatic N) is 1. The number of aliphatic hydroxyl groups excluding tert-OH is 1. The van der Waals surface area contributed by atoms with Crippen molar-refractivity contribution >= 4 is 17.4 Å². The molecule has 1 atom stereocenters. The third-order valence-corrected chi connectivity index (χ3v) is 5.70. The van der Waals surface area contributed by atoms with Crippen molar-refractivity contribution in [2.75, 3.05) is 7.11 Å². The molecule has 4 rings (SSSR count). The van der Waals surface area contributed by atoms with Crippen LogP contribution in [0.4, 0.5) is 17.6 Å². The van der Waals surface area contributed by atoms with Crippen LogP contribution in [-0.4, -0.2) is 28.8 Å². The monoisotopic (exact) mass is 485 g/mol. The summed E-state index contributed by atoms with van der Waals surface area (Å²) in [6, 6.07) is 14.4. The number of hydrogen-bond donors (Lipinski definition) is 1. The molecule has 0 aliphatic carbocycles. The number of carbonyl (C=O) groups is 2. The molecule has 0 aromatic heterocycles. The molecule has 1 unspecified atom stereocenters. The van der Waals surface area contributed by atoms with Gasteiger partial charge in [0.1, 0.15) is 17.3 Å². The molecule has 1 fully saturated rings. The molecule has 0 radical (unpaired) electrons. The van der Waals surface area contributed by atoms with Gasteiger partial charge < -0.3 is 14.7 Å². The van der Waals surface area contributed by atoms with E-state index in [-0.39, 0.29) is 23.2 Å². The number of likely N-dealkylation sites (tertiary alicyclic amines) is 1. The average Bonchev–Trinajstić information content (AvgIpc) is 3.08. The normalized spacial score (nSPS) is 17.6. The second-order valence-electron chi connectivity index (χ2n) is 7.91. The van der Waals surface area contributed by atoms with Gasteiger partial charge in [-0.05, 0) is 59.7 Å². The summed E-state index contributed by atoms with van der Waals surface area (Å²) in [5.41, 5.74) is -0.442. The van der Waals surface area contributed by atoms with E-state index in [4.69, 9.17) is 4.74 Å². The highest BCUT2D eigenvalue weighted by Crippen LogP contribution is 2.41. The van der Waals surface area contributed by atoms with Crippen molar-refractivity contribution in [3.63, 3.8) is 0 Å². The van der Waals surface area contributed by atoms with E-state index < -0.39 is 41.0 Å². The number of methoxy groups -OCH3 is 1. The lowest BCUT2D eigenvalue weighted by Crippen LogP contribution is -2.29. The zero-order valence-electron chi connectivity index (χ0n) is 18.3. The van der Waals surface area contributed by atoms with Crippen molar-refractivity contribution in [3.8, 4) is 5.75 Å². The maximum Gasteiger partial charge on any atom is 0.416 e. The lowest BCUT2D eigenvalue weighted by Gasteiger charge is -2.26. The van der Waals surface area contributed by atoms with Crippen molar-refractivity contribution in [2.24, 2.45) is 0 Å². The molecule has 1 heterocycles. The first-order valence-corrected chi connectivity index (χ1v) is 10.4. The van der Waals surface area contributed by atoms with Crippen LogP contribution in [-0.2, 0) is 22.3 Å². The third kappa shape index (κ3) is 4.75. The Morgan fingerprint density at radius 2 is 1.66 bits per heavy atom. The molecule has 0 spiro atoms. The van der Waals surface area contributed by atoms with Gasteiger partial charge in [-0.1, -0.05) is 24.3 Å². The summed E-state index contributed by atoms with van der Waals surface area (Å²) >= 11 is 0. The molecule has 1 aliphatic rings. The predicted molar refractivity (Wildman–Crippen MR) is 119 cm³/mol. The van der Waals surface area contributed by atoms with E-state index in [1.165, 1.54) is 31.4 Å². The number of Topliss-reactive ketones (excluding diaryl/α,β-unsaturated/α-hetero) is 1. The molecule has 180 valence electrons. The van der Waals surface area contributed by atoms with Crippen LogP contribution in [0.5, 0.6) is 5.75 Å². The molecule has 9 heteroatoms. The second-order valence-corrected chi connectivity index (χ2v) is 7.91. The molecule has 5 nitrogen and oxygen atoms in total. The minimum atomic E-state index is -4.58. The van der Waals surface area contributed by atoms with E-state index in [0.29, 0.717) is 11.3 Å². The molecule has 1 amide bonds. The zero-order chi connectivity index (χ0) is 25.3. The summed E-state index contributed by atoms with van der Waals surface area (Å²) in [5.74, 6) is -2.55. The number of amides is 1. The molecule has 1 saturated heterocycles. The molecular weight excluding hydrogens is 466 g/mol. The first kappa shape index (κ1) is 24.0. The second kappa shape index (κ2) is 9.25. The Morgan fingerprint density at radius 3 is 2.26 bits per heavy atom. The van der Waals surface area contributed by atoms with Gasteiger partial charge in [0, 0.05) is 12.1 Å². The molecule has 35 heavy (non-hydrogen) atoms. The number of alkyl halides is 3. The lowest BCUT2D eigenvalue weighted by molar-refractivity contribution is -0.140. The summed E-state index contributed by atoms with van der Waals surface area (Å²) in [7, 11) is 1.46. The summed E-state index contributed by atoms with van der Waals surface area (Å²) in [4.78, 5) is 27.2. The molecule has 0 saturated carbocycles. The van der Waals surface area contributed by atoms with Gasteiger partial charge in [0.2, 0.25) is 0 Å². The van der Waals surface area contributed by atoms with Crippen LogP contribution in [0.25, 0.3) is 5.76 Å². The van der Waals surface area contributed by atoms with E-state index >= 15 is 0 Å². The predicted octanol–water partition coefficient (Wildman–Crippen LogP) is 5.48. The molecule has 1 N–H and O–H groups in total. The number of aliphatic hydroxyl groups is 1. The summed E-state index contributed by atoms with van der Waals surface area (Å²) in [5, 5.41) is 11.0. The van der Waals surface area contributed by atoms with E-state index in [9.17, 15) is 32.3 Å². The summed E-state index contributed by atoms with van der Waals surface area (Å²) in [6.45, 7) is -0.314. The van der Waals surface area contributed by atoms with Gasteiger partial charge in [-0.3, -0.25) is 9.59 Å². The number of hydrogen-bond acceptors (Lipinski definition) is 4. The van der Waals surface area contributed by atoms with Crippen molar-refractivity contribution in [3.05, 3.63) is 106 Å². The fourth-order valence-corrected chi connectivity index (χ4v) is 3.98. The fraction of sp³-hybridized carbons (Fsp3) is 0.154. The van der Waals surface area contributed by atoms with E-state index in [2.05, 4.69) is 0 Å². The highest BCUT2D eigenvalue weighted by Gasteiger charge is 2.46. The van der Waals surface area contributed by atoms with Crippen molar-refractivity contribution in [2.45, 2.75) is 18.8 Å². The Balaban J connectivity index is 1.83. The standard InChI is InChI=1S/C26H19F4NO4/c1-35-20-11-7-16(8-12-20)22-21(23(32)17-5-9-19(27)10-6-17)24(33)25(34)31(22)14-15-3-2-4-18(13-15)26(28,29)30/h2-13,22,32H,14H2,1H3/b23-21+. The topological polar surface area (TPSA) is 66.8 Å². The van der Waals surface area contributed by atoms with Crippen LogP contribution in [0.3, 0.4) is 0 Å². The van der Waals surface area contributed by atoms with Crippen molar-refractivity contribution < 1.29 is 37.0 Å². The molecular formula is C26H19F4NO4. The Morgan fingerprint density at radius 1 is 1.00 bits per heavy atom. The Bertz CT molecular complexity index is 1300. The van der Waals surface area contributed by atoms with E-state index in [1.807, 2.05) is 0 Å². The van der Waals surface area contributed by atoms with Crippen LogP contribution >= 0.6 is 0 Å². The van der Waals surface area contributed by atoms with Crippen molar-refractivity contribution in [1.82, 2.24) is 4.90 Å². The van der Waals surface area contributed by atoms with E-state index in [1.54, 1.807) is 24.3 Å². The van der Waals surface area contributed by atoms with Crippen LogP contribution in [0.2, 0.25) is 0 Å². The van der Waals surface area contributed by atoms with Crippen LogP contribution in [0.1, 0.15) is 28.3 Å². The van der Waals surface area contributed by atoms with Gasteiger partial charge >= 0.3 is 6.18 Å². The Hall–Kier alpha value is -4.14. The highest BCUT2D eigenvalue weighted by molar-refractivity contribution is 6.46. The van der Waals surface area contributed by atoms with Gasteiger partial charge in [0.05, 0.1) is 24.3 Å². The number of ketones is 1. The first-order chi connectivity index (χ1) is 16.6. The zero-order valence-corrected chi connectivity index (χ0v) is 18.3. The summed E-state index contributed by atoms with van der Waals surface area (Å²) < 4.78 is 58.1. The Labute approximate surface area is 197 Å². The van der Waals surface area contributed by atoms with Gasteiger partial charge in [0.15, 0.2) is 0 Å². The van der Waals surface area contributed by atoms with Crippen molar-refractivity contribution in [1.29, 1.82) is 0 Å². The first-order valence-electron chi connectivity index (χ1n) is 10.4. The van der Waals surface area contributed by atoms with Gasteiger partial charge in [-0.25, -0.2) is 4.39 Å². The fourth-order valence-electron chi connectivity index (χ4n) is 3.98. The minimum absolute atomic E-state index is 0.113. The van der Waals surface area contributed by atoms with Gasteiger partial charge in [0.25, 0.3) is 11.7 Å². The minimum Gasteiger partial charge on any atom is -0.507 e. The smallest absolute Gasteiger partial charge is 0.416 e. The maximum absolute atomic E-state index is 13.4. The molecule has 1 aliphatic heterocycles. The number of benzene rings is 3. The maximum atomic E-state index is 13.4. The number of ether oxygens (including phenoxy) is 1. The molecule has 0 bridgehead atoms. The summed E-state index contributed by atoms with van der Waals surface area (Å²) in [6.07, 6.45) is -4.58. The van der Waals surface area contributed by atoms with Gasteiger partial charge in [-0.2, -0.15) is 13.2 Å². The van der Waals surface area contributed by atoms with E-state index in [0.717, 1.165) is 29.2 Å². The highest BCUT2D eigenvalue weighted by atomic mass is 19.4. The number of rotatable bonds is 5. The van der Waals surface area contributed by atoms with Crippen LogP contribution in [0, 0.1) is 5.82 Å². The number of carbonyl (C=O) groups excluding carboxylic acids is 2. The van der Waals surface area contributed by atoms with Crippen LogP contribution < -0.4 is 4.74 Å². The SMILES string of the molecule is COc1ccc(C2/C(=C(\O)c3ccc(F)cc3)C(=O)C(=O)N2Cc2cccc(C(F)(F)F)c2)cc1. The Kier molecular flexibility index (Phi) is 6.34. The van der Waals surface area contributed by atoms with Crippen LogP contribution in [0.15, 0.2) is 78.4 Å². The average molecular weight is 485 g/mol.